The number of primary amides is 1. The highest BCUT2D eigenvalue weighted by molar-refractivity contribution is 5.81. The summed E-state index contributed by atoms with van der Waals surface area (Å²) in [6.07, 6.45) is 4.67. The van der Waals surface area contributed by atoms with Crippen LogP contribution >= 0.6 is 0 Å². The molecule has 112 valence electrons. The maximum atomic E-state index is 12.1. The molecule has 0 aromatic heterocycles. The number of nitrogens with two attached hydrogens (primary N) is 1. The van der Waals surface area contributed by atoms with Gasteiger partial charge in [0.1, 0.15) is 0 Å². The van der Waals surface area contributed by atoms with Crippen molar-refractivity contribution in [1.82, 2.24) is 5.32 Å². The van der Waals surface area contributed by atoms with Crippen LogP contribution in [0.3, 0.4) is 0 Å². The summed E-state index contributed by atoms with van der Waals surface area (Å²) < 4.78 is 0. The predicted octanol–water partition coefficient (Wildman–Crippen LogP) is 0.648. The smallest absolute Gasteiger partial charge is 0.306 e. The zero-order valence-electron chi connectivity index (χ0n) is 11.5. The number of rotatable bonds is 4. The van der Waals surface area contributed by atoms with E-state index >= 15 is 0 Å². The van der Waals surface area contributed by atoms with Gasteiger partial charge in [0.25, 0.3) is 0 Å². The van der Waals surface area contributed by atoms with E-state index in [0.717, 1.165) is 25.7 Å². The Kier molecular flexibility index (Phi) is 4.62. The number of nitrogens with one attached hydrogen (secondary N) is 1. The lowest BCUT2D eigenvalue weighted by Crippen LogP contribution is -2.42. The lowest BCUT2D eigenvalue weighted by atomic mass is 9.85. The van der Waals surface area contributed by atoms with Crippen LogP contribution in [0.5, 0.6) is 0 Å². The van der Waals surface area contributed by atoms with Gasteiger partial charge in [0.05, 0.1) is 5.92 Å². The van der Waals surface area contributed by atoms with Crippen LogP contribution in [0.4, 0.5) is 0 Å². The molecule has 6 nitrogen and oxygen atoms in total. The van der Waals surface area contributed by atoms with Gasteiger partial charge in [-0.15, -0.1) is 0 Å². The molecule has 0 aromatic carbocycles. The topological polar surface area (TPSA) is 109 Å². The first-order valence-electron chi connectivity index (χ1n) is 7.30. The molecule has 2 aliphatic carbocycles. The van der Waals surface area contributed by atoms with E-state index < -0.39 is 5.97 Å². The molecule has 0 radical (unpaired) electrons. The van der Waals surface area contributed by atoms with E-state index in [4.69, 9.17) is 10.8 Å². The quantitative estimate of drug-likeness (QED) is 0.703. The summed E-state index contributed by atoms with van der Waals surface area (Å²) in [5, 5.41) is 11.9. The first-order valence-corrected chi connectivity index (χ1v) is 7.30. The highest BCUT2D eigenvalue weighted by Crippen LogP contribution is 2.32. The molecule has 4 N–H and O–H groups in total. The van der Waals surface area contributed by atoms with E-state index in [9.17, 15) is 14.4 Å². The van der Waals surface area contributed by atoms with E-state index in [1.54, 1.807) is 0 Å². The summed E-state index contributed by atoms with van der Waals surface area (Å²) in [6, 6.07) is 0.0991. The molecule has 0 aromatic rings. The summed E-state index contributed by atoms with van der Waals surface area (Å²) in [5.41, 5.74) is 5.28. The Balaban J connectivity index is 1.76. The average molecular weight is 282 g/mol. The SMILES string of the molecule is NC(=O)C1CCC(NC(=O)[C@@H]2CC[C@H](C(=O)O)C2)CC1. The highest BCUT2D eigenvalue weighted by Gasteiger charge is 2.35. The van der Waals surface area contributed by atoms with Crippen LogP contribution in [-0.4, -0.2) is 28.9 Å². The predicted molar refractivity (Wildman–Crippen MR) is 71.5 cm³/mol. The summed E-state index contributed by atoms with van der Waals surface area (Å²) in [7, 11) is 0. The number of carbonyl (C=O) groups is 3. The molecule has 0 spiro atoms. The summed E-state index contributed by atoms with van der Waals surface area (Å²) in [4.78, 5) is 34.1. The zero-order valence-corrected chi connectivity index (χ0v) is 11.5. The fourth-order valence-electron chi connectivity index (χ4n) is 3.29. The Morgan fingerprint density at radius 2 is 1.45 bits per heavy atom. The van der Waals surface area contributed by atoms with Crippen molar-refractivity contribution in [3.05, 3.63) is 0 Å². The molecule has 2 saturated carbocycles. The van der Waals surface area contributed by atoms with Crippen molar-refractivity contribution in [3.63, 3.8) is 0 Å². The molecule has 6 heteroatoms. The zero-order chi connectivity index (χ0) is 14.7. The molecule has 0 unspecified atom stereocenters. The Morgan fingerprint density at radius 3 is 1.95 bits per heavy atom. The van der Waals surface area contributed by atoms with Crippen LogP contribution in [0.1, 0.15) is 44.9 Å². The van der Waals surface area contributed by atoms with E-state index in [1.807, 2.05) is 0 Å². The Morgan fingerprint density at radius 1 is 0.900 bits per heavy atom. The second-order valence-electron chi connectivity index (χ2n) is 6.00. The van der Waals surface area contributed by atoms with Crippen molar-refractivity contribution in [1.29, 1.82) is 0 Å². The van der Waals surface area contributed by atoms with Gasteiger partial charge in [0, 0.05) is 17.9 Å². The number of carboxylic acids is 1. The fourth-order valence-corrected chi connectivity index (χ4v) is 3.29. The van der Waals surface area contributed by atoms with E-state index in [0.29, 0.717) is 19.3 Å². The van der Waals surface area contributed by atoms with Crippen LogP contribution in [-0.2, 0) is 14.4 Å². The first kappa shape index (κ1) is 14.8. The molecule has 2 fully saturated rings. The normalized spacial score (nSPS) is 33.6. The summed E-state index contributed by atoms with van der Waals surface area (Å²) in [5.74, 6) is -1.71. The number of hydrogen-bond donors (Lipinski definition) is 3. The van der Waals surface area contributed by atoms with Gasteiger partial charge in [-0.3, -0.25) is 14.4 Å². The van der Waals surface area contributed by atoms with Crippen LogP contribution in [0.15, 0.2) is 0 Å². The molecular formula is C14H22N2O4. The number of amides is 2. The first-order chi connectivity index (χ1) is 9.47. The minimum Gasteiger partial charge on any atom is -0.481 e. The van der Waals surface area contributed by atoms with Crippen molar-refractivity contribution in [2.24, 2.45) is 23.5 Å². The third-order valence-corrected chi connectivity index (χ3v) is 4.63. The molecule has 20 heavy (non-hydrogen) atoms. The van der Waals surface area contributed by atoms with Crippen molar-refractivity contribution in [2.75, 3.05) is 0 Å². The van der Waals surface area contributed by atoms with E-state index in [2.05, 4.69) is 5.32 Å². The third-order valence-electron chi connectivity index (χ3n) is 4.63. The van der Waals surface area contributed by atoms with Crippen molar-refractivity contribution in [3.8, 4) is 0 Å². The van der Waals surface area contributed by atoms with Gasteiger partial charge in [0.15, 0.2) is 0 Å². The Hall–Kier alpha value is -1.59. The van der Waals surface area contributed by atoms with Crippen LogP contribution in [0.25, 0.3) is 0 Å². The molecule has 2 rings (SSSR count). The molecule has 0 heterocycles. The van der Waals surface area contributed by atoms with Crippen LogP contribution in [0, 0.1) is 17.8 Å². The van der Waals surface area contributed by atoms with Crippen LogP contribution < -0.4 is 11.1 Å². The molecule has 0 bridgehead atoms. The Bertz CT molecular complexity index is 402. The van der Waals surface area contributed by atoms with Gasteiger partial charge in [-0.25, -0.2) is 0 Å². The second-order valence-corrected chi connectivity index (χ2v) is 6.00. The number of carbonyl (C=O) groups excluding carboxylic acids is 2. The monoisotopic (exact) mass is 282 g/mol. The van der Waals surface area contributed by atoms with Gasteiger partial charge in [-0.2, -0.15) is 0 Å². The maximum Gasteiger partial charge on any atom is 0.306 e. The number of hydrogen-bond acceptors (Lipinski definition) is 3. The number of aliphatic carboxylic acids is 1. The largest absolute Gasteiger partial charge is 0.481 e. The van der Waals surface area contributed by atoms with Crippen molar-refractivity contribution < 1.29 is 19.5 Å². The summed E-state index contributed by atoms with van der Waals surface area (Å²) in [6.45, 7) is 0. The minimum absolute atomic E-state index is 0.0312. The average Bonchev–Trinajstić information content (AvgIpc) is 2.89. The lowest BCUT2D eigenvalue weighted by Gasteiger charge is -2.28. The standard InChI is InChI=1S/C14H22N2O4/c15-12(17)8-3-5-11(6-4-8)16-13(18)9-1-2-10(7-9)14(19)20/h8-11H,1-7H2,(H2,15,17)(H,16,18)(H,19,20)/t8?,9-,10+,11?/m1/s1. The molecule has 0 saturated heterocycles. The molecule has 2 atom stereocenters. The second kappa shape index (κ2) is 6.24. The molecule has 2 amide bonds. The van der Waals surface area contributed by atoms with Gasteiger partial charge in [0.2, 0.25) is 11.8 Å². The van der Waals surface area contributed by atoms with Gasteiger partial charge in [-0.05, 0) is 44.9 Å². The van der Waals surface area contributed by atoms with Crippen molar-refractivity contribution >= 4 is 17.8 Å². The molecular weight excluding hydrogens is 260 g/mol. The Labute approximate surface area is 118 Å². The van der Waals surface area contributed by atoms with Crippen molar-refractivity contribution in [2.45, 2.75) is 51.0 Å². The summed E-state index contributed by atoms with van der Waals surface area (Å²) >= 11 is 0. The molecule has 0 aliphatic heterocycles. The van der Waals surface area contributed by atoms with E-state index in [1.165, 1.54) is 0 Å². The third kappa shape index (κ3) is 3.49. The van der Waals surface area contributed by atoms with Crippen LogP contribution in [0.2, 0.25) is 0 Å². The fraction of sp³-hybridized carbons (Fsp3) is 0.786. The van der Waals surface area contributed by atoms with Gasteiger partial charge >= 0.3 is 5.97 Å². The maximum absolute atomic E-state index is 12.1. The highest BCUT2D eigenvalue weighted by atomic mass is 16.4. The van der Waals surface area contributed by atoms with Gasteiger partial charge < -0.3 is 16.2 Å². The molecule has 2 aliphatic rings. The lowest BCUT2D eigenvalue weighted by molar-refractivity contribution is -0.141. The number of carboxylic acid groups (broad SMARTS) is 1. The van der Waals surface area contributed by atoms with Gasteiger partial charge in [-0.1, -0.05) is 0 Å². The van der Waals surface area contributed by atoms with E-state index in [-0.39, 0.29) is 35.6 Å². The minimum atomic E-state index is -0.803.